The second kappa shape index (κ2) is 6.42. The summed E-state index contributed by atoms with van der Waals surface area (Å²) in [7, 11) is 0. The van der Waals surface area contributed by atoms with Gasteiger partial charge >= 0.3 is 0 Å². The fourth-order valence-electron chi connectivity index (χ4n) is 3.85. The summed E-state index contributed by atoms with van der Waals surface area (Å²) in [4.78, 5) is 16.8. The maximum Gasteiger partial charge on any atom is 0.226 e. The molecule has 1 amide bonds. The Morgan fingerprint density at radius 1 is 1.22 bits per heavy atom. The van der Waals surface area contributed by atoms with Crippen LogP contribution >= 0.6 is 11.3 Å². The molecule has 4 rings (SSSR count). The van der Waals surface area contributed by atoms with Gasteiger partial charge in [-0.3, -0.25) is 4.79 Å². The van der Waals surface area contributed by atoms with Crippen LogP contribution in [0.25, 0.3) is 11.3 Å². The van der Waals surface area contributed by atoms with Gasteiger partial charge in [0.15, 0.2) is 5.13 Å². The summed E-state index contributed by atoms with van der Waals surface area (Å²) >= 11 is 1.49. The first-order valence-electron chi connectivity index (χ1n) is 8.33. The summed E-state index contributed by atoms with van der Waals surface area (Å²) in [5.74, 6) is 0.618. The van der Waals surface area contributed by atoms with Crippen molar-refractivity contribution in [1.82, 2.24) is 10.3 Å². The Morgan fingerprint density at radius 3 is 2.70 bits per heavy atom. The molecular weight excluding hydrogens is 306 g/mol. The predicted molar refractivity (Wildman–Crippen MR) is 93.5 cm³/mol. The second-order valence-electron chi connectivity index (χ2n) is 6.63. The highest BCUT2D eigenvalue weighted by atomic mass is 32.1. The van der Waals surface area contributed by atoms with Crippen molar-refractivity contribution in [2.75, 3.05) is 5.32 Å². The molecule has 0 spiro atoms. The van der Waals surface area contributed by atoms with E-state index < -0.39 is 0 Å². The van der Waals surface area contributed by atoms with E-state index in [0.29, 0.717) is 29.6 Å². The smallest absolute Gasteiger partial charge is 0.226 e. The maximum atomic E-state index is 12.3. The molecule has 2 N–H and O–H groups in total. The van der Waals surface area contributed by atoms with Crippen molar-refractivity contribution >= 4 is 22.4 Å². The zero-order valence-electron chi connectivity index (χ0n) is 13.0. The number of hydrogen-bond acceptors (Lipinski definition) is 4. The minimum absolute atomic E-state index is 0.102. The van der Waals surface area contributed by atoms with Crippen LogP contribution in [0.5, 0.6) is 0 Å². The number of nitrogens with zero attached hydrogens (tertiary/aromatic N) is 1. The van der Waals surface area contributed by atoms with Gasteiger partial charge in [0, 0.05) is 29.4 Å². The molecule has 2 fully saturated rings. The van der Waals surface area contributed by atoms with Crippen molar-refractivity contribution in [2.45, 2.75) is 44.2 Å². The van der Waals surface area contributed by atoms with Crippen LogP contribution < -0.4 is 10.6 Å². The Kier molecular flexibility index (Phi) is 4.14. The molecule has 2 bridgehead atoms. The number of carbonyl (C=O) groups excluding carboxylic acids is 1. The highest BCUT2D eigenvalue weighted by Crippen LogP contribution is 2.33. The number of fused-ring (bicyclic) bond motifs is 2. The molecule has 2 unspecified atom stereocenters. The molecular formula is C18H21N3OS. The zero-order chi connectivity index (χ0) is 15.6. The monoisotopic (exact) mass is 327 g/mol. The normalized spacial score (nSPS) is 26.2. The van der Waals surface area contributed by atoms with E-state index in [1.165, 1.54) is 24.2 Å². The van der Waals surface area contributed by atoms with E-state index in [9.17, 15) is 4.79 Å². The van der Waals surface area contributed by atoms with Gasteiger partial charge in [-0.25, -0.2) is 4.98 Å². The molecule has 0 aliphatic carbocycles. The van der Waals surface area contributed by atoms with Crippen molar-refractivity contribution in [3.63, 3.8) is 0 Å². The standard InChI is InChI=1S/C18H21N3OS/c22-17(10-12-8-14-6-7-15(9-12)19-14)21-18-20-16(11-23-18)13-4-2-1-3-5-13/h1-5,11-12,14-15,19H,6-10H2,(H,20,21,22). The molecule has 1 aromatic heterocycles. The van der Waals surface area contributed by atoms with E-state index in [-0.39, 0.29) is 5.91 Å². The Labute approximate surface area is 140 Å². The summed E-state index contributed by atoms with van der Waals surface area (Å²) < 4.78 is 0. The minimum Gasteiger partial charge on any atom is -0.311 e. The number of rotatable bonds is 4. The molecule has 4 nitrogen and oxygen atoms in total. The highest BCUT2D eigenvalue weighted by Gasteiger charge is 2.34. The lowest BCUT2D eigenvalue weighted by atomic mass is 9.89. The van der Waals surface area contributed by atoms with Crippen molar-refractivity contribution < 1.29 is 4.79 Å². The van der Waals surface area contributed by atoms with Crippen LogP contribution in [-0.2, 0) is 4.79 Å². The lowest BCUT2D eigenvalue weighted by molar-refractivity contribution is -0.117. The Morgan fingerprint density at radius 2 is 1.96 bits per heavy atom. The summed E-state index contributed by atoms with van der Waals surface area (Å²) in [5, 5.41) is 9.30. The zero-order valence-corrected chi connectivity index (χ0v) is 13.8. The first kappa shape index (κ1) is 14.8. The molecule has 23 heavy (non-hydrogen) atoms. The number of aromatic nitrogens is 1. The molecule has 2 aliphatic heterocycles. The van der Waals surface area contributed by atoms with E-state index in [2.05, 4.69) is 15.6 Å². The molecule has 5 heteroatoms. The summed E-state index contributed by atoms with van der Waals surface area (Å²) in [6, 6.07) is 11.3. The van der Waals surface area contributed by atoms with Crippen LogP contribution in [-0.4, -0.2) is 23.0 Å². The van der Waals surface area contributed by atoms with Crippen LogP contribution in [0.2, 0.25) is 0 Å². The third-order valence-electron chi connectivity index (χ3n) is 4.86. The van der Waals surface area contributed by atoms with Gasteiger partial charge in [-0.15, -0.1) is 11.3 Å². The largest absolute Gasteiger partial charge is 0.311 e. The van der Waals surface area contributed by atoms with Gasteiger partial charge < -0.3 is 10.6 Å². The summed E-state index contributed by atoms with van der Waals surface area (Å²) in [6.07, 6.45) is 5.44. The summed E-state index contributed by atoms with van der Waals surface area (Å²) in [6.45, 7) is 0. The molecule has 2 aromatic rings. The molecule has 3 heterocycles. The van der Waals surface area contributed by atoms with Gasteiger partial charge in [-0.1, -0.05) is 30.3 Å². The minimum atomic E-state index is 0.102. The molecule has 2 saturated heterocycles. The first-order valence-corrected chi connectivity index (χ1v) is 9.21. The van der Waals surface area contributed by atoms with Crippen molar-refractivity contribution in [1.29, 1.82) is 0 Å². The van der Waals surface area contributed by atoms with Crippen LogP contribution in [0.3, 0.4) is 0 Å². The van der Waals surface area contributed by atoms with E-state index in [1.807, 2.05) is 35.7 Å². The number of hydrogen-bond donors (Lipinski definition) is 2. The topological polar surface area (TPSA) is 54.0 Å². The average molecular weight is 327 g/mol. The Bertz CT molecular complexity index is 673. The molecule has 2 aliphatic rings. The van der Waals surface area contributed by atoms with Gasteiger partial charge in [0.25, 0.3) is 0 Å². The highest BCUT2D eigenvalue weighted by molar-refractivity contribution is 7.14. The molecule has 0 radical (unpaired) electrons. The number of carbonyl (C=O) groups is 1. The van der Waals surface area contributed by atoms with Gasteiger partial charge in [0.05, 0.1) is 5.69 Å². The van der Waals surface area contributed by atoms with Crippen LogP contribution in [0.4, 0.5) is 5.13 Å². The fourth-order valence-corrected chi connectivity index (χ4v) is 4.58. The van der Waals surface area contributed by atoms with Crippen molar-refractivity contribution in [3.8, 4) is 11.3 Å². The van der Waals surface area contributed by atoms with Gasteiger partial charge in [-0.05, 0) is 31.6 Å². The second-order valence-corrected chi connectivity index (χ2v) is 7.49. The average Bonchev–Trinajstić information content (AvgIpc) is 3.15. The fraction of sp³-hybridized carbons (Fsp3) is 0.444. The first-order chi connectivity index (χ1) is 11.3. The number of nitrogens with one attached hydrogen (secondary N) is 2. The van der Waals surface area contributed by atoms with E-state index in [1.54, 1.807) is 0 Å². The number of benzene rings is 1. The number of anilines is 1. The third kappa shape index (κ3) is 3.46. The van der Waals surface area contributed by atoms with Crippen molar-refractivity contribution in [3.05, 3.63) is 35.7 Å². The quantitative estimate of drug-likeness (QED) is 0.901. The van der Waals surface area contributed by atoms with Gasteiger partial charge in [-0.2, -0.15) is 0 Å². The van der Waals surface area contributed by atoms with Crippen LogP contribution in [0.15, 0.2) is 35.7 Å². The Balaban J connectivity index is 1.35. The Hall–Kier alpha value is -1.72. The van der Waals surface area contributed by atoms with Crippen LogP contribution in [0.1, 0.15) is 32.1 Å². The summed E-state index contributed by atoms with van der Waals surface area (Å²) in [5.41, 5.74) is 2.00. The van der Waals surface area contributed by atoms with E-state index >= 15 is 0 Å². The lowest BCUT2D eigenvalue weighted by Gasteiger charge is -2.28. The maximum absolute atomic E-state index is 12.3. The molecule has 1 aromatic carbocycles. The SMILES string of the molecule is O=C(CC1CC2CCC(C1)N2)Nc1nc(-c2ccccc2)cs1. The molecule has 0 saturated carbocycles. The van der Waals surface area contributed by atoms with Crippen LogP contribution in [0, 0.1) is 5.92 Å². The number of thiazole rings is 1. The molecule has 120 valence electrons. The third-order valence-corrected chi connectivity index (χ3v) is 5.62. The van der Waals surface area contributed by atoms with E-state index in [0.717, 1.165) is 24.1 Å². The van der Waals surface area contributed by atoms with Gasteiger partial charge in [0.1, 0.15) is 0 Å². The van der Waals surface area contributed by atoms with Gasteiger partial charge in [0.2, 0.25) is 5.91 Å². The number of piperidine rings is 1. The number of amides is 1. The predicted octanol–water partition coefficient (Wildman–Crippen LogP) is 3.67. The molecule has 2 atom stereocenters. The van der Waals surface area contributed by atoms with E-state index in [4.69, 9.17) is 0 Å². The van der Waals surface area contributed by atoms with Crippen molar-refractivity contribution in [2.24, 2.45) is 5.92 Å². The lowest BCUT2D eigenvalue weighted by Crippen LogP contribution is -2.39.